The van der Waals surface area contributed by atoms with E-state index in [0.717, 1.165) is 14.9 Å². The fourth-order valence-electron chi connectivity index (χ4n) is 2.17. The van der Waals surface area contributed by atoms with E-state index in [1.807, 2.05) is 6.92 Å². The van der Waals surface area contributed by atoms with Gasteiger partial charge in [0, 0.05) is 9.50 Å². The van der Waals surface area contributed by atoms with Crippen LogP contribution in [-0.2, 0) is 0 Å². The Bertz CT molecular complexity index is 758. The number of halogens is 2. The summed E-state index contributed by atoms with van der Waals surface area (Å²) in [7, 11) is 0. The Morgan fingerprint density at radius 2 is 1.70 bits per heavy atom. The maximum Gasteiger partial charge on any atom is 0.266 e. The number of hydrogen-bond donors (Lipinski definition) is 0. The highest BCUT2D eigenvalue weighted by molar-refractivity contribution is 9.10. The Hall–Kier alpha value is -1.65. The molecule has 0 aromatic heterocycles. The molecule has 0 saturated carbocycles. The second-order valence-electron chi connectivity index (χ2n) is 4.57. The van der Waals surface area contributed by atoms with Crippen LogP contribution in [0.25, 0.3) is 0 Å². The van der Waals surface area contributed by atoms with Gasteiger partial charge in [0.1, 0.15) is 0 Å². The first-order valence-electron chi connectivity index (χ1n) is 5.93. The minimum atomic E-state index is -0.328. The van der Waals surface area contributed by atoms with Crippen molar-refractivity contribution in [2.45, 2.75) is 6.92 Å². The molecule has 2 aromatic carbocycles. The first-order chi connectivity index (χ1) is 9.49. The third kappa shape index (κ3) is 1.96. The van der Waals surface area contributed by atoms with Gasteiger partial charge in [0.25, 0.3) is 11.8 Å². The number of nitrogens with zero attached hydrogens (tertiary/aromatic N) is 1. The highest BCUT2D eigenvalue weighted by Crippen LogP contribution is 2.32. The lowest BCUT2D eigenvalue weighted by Crippen LogP contribution is -2.29. The Labute approximate surface area is 129 Å². The molecule has 0 aliphatic carbocycles. The first-order valence-corrected chi connectivity index (χ1v) is 7.10. The quantitative estimate of drug-likeness (QED) is 0.722. The maximum atomic E-state index is 12.4. The highest BCUT2D eigenvalue weighted by Gasteiger charge is 2.36. The maximum absolute atomic E-state index is 12.4. The zero-order valence-corrected chi connectivity index (χ0v) is 12.8. The van der Waals surface area contributed by atoms with Crippen LogP contribution in [0, 0.1) is 6.92 Å². The molecule has 3 rings (SSSR count). The minimum absolute atomic E-state index is 0.322. The molecule has 1 heterocycles. The normalized spacial score (nSPS) is 13.8. The molecule has 0 fully saturated rings. The van der Waals surface area contributed by atoms with Crippen LogP contribution in [0.5, 0.6) is 0 Å². The SMILES string of the molecule is Cc1ccc(N2C(=O)c3ccc(Br)cc3C2=O)cc1Cl. The first kappa shape index (κ1) is 13.3. The number of carbonyl (C=O) groups is 2. The summed E-state index contributed by atoms with van der Waals surface area (Å²) in [5.74, 6) is -0.649. The predicted octanol–water partition coefficient (Wildman–Crippen LogP) is 4.21. The number of anilines is 1. The second kappa shape index (κ2) is 4.72. The molecular formula is C15H9BrClNO2. The van der Waals surface area contributed by atoms with Crippen molar-refractivity contribution in [3.63, 3.8) is 0 Å². The molecule has 1 aliphatic heterocycles. The van der Waals surface area contributed by atoms with E-state index >= 15 is 0 Å². The summed E-state index contributed by atoms with van der Waals surface area (Å²) in [5.41, 5.74) is 2.20. The van der Waals surface area contributed by atoms with Crippen molar-refractivity contribution in [2.24, 2.45) is 0 Å². The van der Waals surface area contributed by atoms with Crippen LogP contribution < -0.4 is 4.90 Å². The van der Waals surface area contributed by atoms with Crippen molar-refractivity contribution < 1.29 is 9.59 Å². The topological polar surface area (TPSA) is 37.4 Å². The zero-order valence-electron chi connectivity index (χ0n) is 10.5. The molecule has 0 unspecified atom stereocenters. The van der Waals surface area contributed by atoms with Gasteiger partial charge in [-0.3, -0.25) is 9.59 Å². The van der Waals surface area contributed by atoms with Crippen LogP contribution in [0.2, 0.25) is 5.02 Å². The van der Waals surface area contributed by atoms with Crippen LogP contribution in [-0.4, -0.2) is 11.8 Å². The predicted molar refractivity (Wildman–Crippen MR) is 81.5 cm³/mol. The van der Waals surface area contributed by atoms with Gasteiger partial charge in [0.05, 0.1) is 16.8 Å². The lowest BCUT2D eigenvalue weighted by Gasteiger charge is -2.14. The molecule has 2 amide bonds. The molecule has 5 heteroatoms. The van der Waals surface area contributed by atoms with Crippen molar-refractivity contribution >= 4 is 45.0 Å². The molecule has 20 heavy (non-hydrogen) atoms. The number of benzene rings is 2. The number of hydrogen-bond acceptors (Lipinski definition) is 2. The van der Waals surface area contributed by atoms with Gasteiger partial charge in [-0.2, -0.15) is 0 Å². The highest BCUT2D eigenvalue weighted by atomic mass is 79.9. The minimum Gasteiger partial charge on any atom is -0.268 e. The Morgan fingerprint density at radius 1 is 1.00 bits per heavy atom. The van der Waals surface area contributed by atoms with Gasteiger partial charge >= 0.3 is 0 Å². The van der Waals surface area contributed by atoms with E-state index in [1.54, 1.807) is 36.4 Å². The lowest BCUT2D eigenvalue weighted by molar-refractivity contribution is 0.0926. The summed E-state index contributed by atoms with van der Waals surface area (Å²) in [6.07, 6.45) is 0. The van der Waals surface area contributed by atoms with Crippen molar-refractivity contribution in [2.75, 3.05) is 4.90 Å². The van der Waals surface area contributed by atoms with E-state index in [0.29, 0.717) is 21.8 Å². The number of rotatable bonds is 1. The van der Waals surface area contributed by atoms with Crippen molar-refractivity contribution in [3.05, 3.63) is 62.6 Å². The molecule has 1 aliphatic rings. The molecule has 0 saturated heterocycles. The molecule has 0 N–H and O–H groups in total. The second-order valence-corrected chi connectivity index (χ2v) is 5.89. The summed E-state index contributed by atoms with van der Waals surface area (Å²) in [6, 6.07) is 10.2. The molecule has 3 nitrogen and oxygen atoms in total. The van der Waals surface area contributed by atoms with Crippen LogP contribution in [0.1, 0.15) is 26.3 Å². The fraction of sp³-hybridized carbons (Fsp3) is 0.0667. The van der Waals surface area contributed by atoms with Gasteiger partial charge in [0.2, 0.25) is 0 Å². The number of aryl methyl sites for hydroxylation is 1. The summed E-state index contributed by atoms with van der Waals surface area (Å²) in [5, 5.41) is 0.528. The van der Waals surface area contributed by atoms with Crippen LogP contribution >= 0.6 is 27.5 Å². The van der Waals surface area contributed by atoms with E-state index in [2.05, 4.69) is 15.9 Å². The average Bonchev–Trinajstić information content (AvgIpc) is 2.65. The van der Waals surface area contributed by atoms with Gasteiger partial charge in [0.15, 0.2) is 0 Å². The Morgan fingerprint density at radius 3 is 2.40 bits per heavy atom. The number of amides is 2. The van der Waals surface area contributed by atoms with Crippen LogP contribution in [0.4, 0.5) is 5.69 Å². The van der Waals surface area contributed by atoms with Crippen molar-refractivity contribution in [1.29, 1.82) is 0 Å². The van der Waals surface area contributed by atoms with Gasteiger partial charge in [-0.1, -0.05) is 33.6 Å². The van der Waals surface area contributed by atoms with Gasteiger partial charge in [-0.25, -0.2) is 4.90 Å². The molecule has 2 aromatic rings. The number of fused-ring (bicyclic) bond motifs is 1. The number of carbonyl (C=O) groups excluding carboxylic acids is 2. The molecule has 100 valence electrons. The molecule has 0 spiro atoms. The van der Waals surface area contributed by atoms with E-state index in [9.17, 15) is 9.59 Å². The summed E-state index contributed by atoms with van der Waals surface area (Å²) >= 11 is 9.37. The third-order valence-electron chi connectivity index (χ3n) is 3.26. The van der Waals surface area contributed by atoms with Gasteiger partial charge in [-0.05, 0) is 42.8 Å². The zero-order chi connectivity index (χ0) is 14.4. The van der Waals surface area contributed by atoms with Crippen LogP contribution in [0.3, 0.4) is 0 Å². The van der Waals surface area contributed by atoms with Gasteiger partial charge in [-0.15, -0.1) is 0 Å². The van der Waals surface area contributed by atoms with Crippen LogP contribution in [0.15, 0.2) is 40.9 Å². The molecular weight excluding hydrogens is 342 g/mol. The standard InChI is InChI=1S/C15H9BrClNO2/c1-8-2-4-10(7-13(8)17)18-14(19)11-5-3-9(16)6-12(11)15(18)20/h2-7H,1H3. The summed E-state index contributed by atoms with van der Waals surface area (Å²) in [6.45, 7) is 1.87. The van der Waals surface area contributed by atoms with Crippen molar-refractivity contribution in [1.82, 2.24) is 0 Å². The molecule has 0 radical (unpaired) electrons. The largest absolute Gasteiger partial charge is 0.268 e. The third-order valence-corrected chi connectivity index (χ3v) is 4.16. The monoisotopic (exact) mass is 349 g/mol. The lowest BCUT2D eigenvalue weighted by atomic mass is 10.1. The fourth-order valence-corrected chi connectivity index (χ4v) is 2.70. The van der Waals surface area contributed by atoms with Crippen molar-refractivity contribution in [3.8, 4) is 0 Å². The average molecular weight is 351 g/mol. The number of imide groups is 1. The van der Waals surface area contributed by atoms with Gasteiger partial charge < -0.3 is 0 Å². The Kier molecular flexibility index (Phi) is 3.15. The molecule has 0 bridgehead atoms. The Balaban J connectivity index is 2.11. The molecule has 0 atom stereocenters. The summed E-state index contributed by atoms with van der Waals surface area (Å²) < 4.78 is 0.765. The van der Waals surface area contributed by atoms with E-state index in [4.69, 9.17) is 11.6 Å². The van der Waals surface area contributed by atoms with E-state index < -0.39 is 0 Å². The summed E-state index contributed by atoms with van der Waals surface area (Å²) in [4.78, 5) is 25.9. The van der Waals surface area contributed by atoms with E-state index in [1.165, 1.54) is 0 Å². The van der Waals surface area contributed by atoms with E-state index in [-0.39, 0.29) is 11.8 Å². The smallest absolute Gasteiger partial charge is 0.266 e.